The first kappa shape index (κ1) is 14.3. The Hall–Kier alpha value is -1.10. The lowest BCUT2D eigenvalue weighted by Gasteiger charge is -2.14. The zero-order valence-electron chi connectivity index (χ0n) is 10.7. The summed E-state index contributed by atoms with van der Waals surface area (Å²) in [5.74, 6) is 0. The minimum Gasteiger partial charge on any atom is -0.322 e. The van der Waals surface area contributed by atoms with E-state index in [1.807, 2.05) is 22.9 Å². The molecule has 1 aromatic carbocycles. The van der Waals surface area contributed by atoms with Crippen LogP contribution in [0.15, 0.2) is 24.4 Å². The first-order chi connectivity index (χ1) is 9.13. The van der Waals surface area contributed by atoms with Gasteiger partial charge in [-0.05, 0) is 30.5 Å². The summed E-state index contributed by atoms with van der Waals surface area (Å²) in [7, 11) is 0. The summed E-state index contributed by atoms with van der Waals surface area (Å²) in [4.78, 5) is 0. The molecule has 1 heterocycles. The average molecular weight is 299 g/mol. The molecule has 2 N–H and O–H groups in total. The Morgan fingerprint density at radius 3 is 2.63 bits per heavy atom. The van der Waals surface area contributed by atoms with E-state index in [2.05, 4.69) is 17.2 Å². The number of rotatable bonds is 5. The lowest BCUT2D eigenvalue weighted by atomic mass is 10.0. The highest BCUT2D eigenvalue weighted by atomic mass is 35.5. The molecule has 0 aliphatic carbocycles. The fourth-order valence-electron chi connectivity index (χ4n) is 1.99. The molecule has 0 saturated carbocycles. The van der Waals surface area contributed by atoms with Crippen LogP contribution in [-0.4, -0.2) is 15.0 Å². The van der Waals surface area contributed by atoms with Crippen molar-refractivity contribution >= 4 is 23.2 Å². The molecule has 19 heavy (non-hydrogen) atoms. The second kappa shape index (κ2) is 6.37. The monoisotopic (exact) mass is 298 g/mol. The van der Waals surface area contributed by atoms with Crippen molar-refractivity contribution in [2.75, 3.05) is 0 Å². The first-order valence-electron chi connectivity index (χ1n) is 6.20. The third-order valence-corrected chi connectivity index (χ3v) is 3.66. The van der Waals surface area contributed by atoms with Crippen molar-refractivity contribution in [1.82, 2.24) is 15.0 Å². The second-order valence-corrected chi connectivity index (χ2v) is 5.21. The smallest absolute Gasteiger partial charge is 0.0757 e. The number of nitrogens with zero attached hydrogens (tertiary/aromatic N) is 3. The summed E-state index contributed by atoms with van der Waals surface area (Å²) in [6, 6.07) is 5.23. The molecule has 2 rings (SSSR count). The van der Waals surface area contributed by atoms with Crippen LogP contribution in [0, 0.1) is 0 Å². The Labute approximate surface area is 122 Å². The SMILES string of the molecule is CCCn1nncc1C(N)Cc1c(Cl)cccc1Cl. The summed E-state index contributed by atoms with van der Waals surface area (Å²) in [5.41, 5.74) is 7.99. The van der Waals surface area contributed by atoms with E-state index < -0.39 is 0 Å². The molecule has 102 valence electrons. The first-order valence-corrected chi connectivity index (χ1v) is 6.96. The molecule has 0 aliphatic heterocycles. The third kappa shape index (κ3) is 3.26. The lowest BCUT2D eigenvalue weighted by molar-refractivity contribution is 0.525. The summed E-state index contributed by atoms with van der Waals surface area (Å²) >= 11 is 12.3. The molecule has 0 aliphatic rings. The van der Waals surface area contributed by atoms with E-state index in [0.717, 1.165) is 24.2 Å². The van der Waals surface area contributed by atoms with Gasteiger partial charge in [0.05, 0.1) is 17.9 Å². The molecule has 6 heteroatoms. The van der Waals surface area contributed by atoms with Crippen molar-refractivity contribution in [1.29, 1.82) is 0 Å². The Bertz CT molecular complexity index is 533. The predicted octanol–water partition coefficient (Wildman–Crippen LogP) is 3.24. The molecular formula is C13H16Cl2N4. The third-order valence-electron chi connectivity index (χ3n) is 2.95. The summed E-state index contributed by atoms with van der Waals surface area (Å²) in [6.07, 6.45) is 3.25. The van der Waals surface area contributed by atoms with Gasteiger partial charge in [-0.15, -0.1) is 5.10 Å². The fraction of sp³-hybridized carbons (Fsp3) is 0.385. The standard InChI is InChI=1S/C13H16Cl2N4/c1-2-6-19-13(8-17-18-19)12(16)7-9-10(14)4-3-5-11(9)15/h3-5,8,12H,2,6-7,16H2,1H3. The van der Waals surface area contributed by atoms with Gasteiger partial charge in [0.25, 0.3) is 0 Å². The van der Waals surface area contributed by atoms with Gasteiger partial charge in [-0.2, -0.15) is 0 Å². The van der Waals surface area contributed by atoms with Gasteiger partial charge in [0, 0.05) is 16.6 Å². The van der Waals surface area contributed by atoms with E-state index in [1.54, 1.807) is 6.20 Å². The maximum Gasteiger partial charge on any atom is 0.0757 e. The normalized spacial score (nSPS) is 12.6. The van der Waals surface area contributed by atoms with Gasteiger partial charge in [-0.25, -0.2) is 4.68 Å². The Morgan fingerprint density at radius 1 is 1.32 bits per heavy atom. The van der Waals surface area contributed by atoms with Gasteiger partial charge in [0.1, 0.15) is 0 Å². The largest absolute Gasteiger partial charge is 0.322 e. The van der Waals surface area contributed by atoms with Gasteiger partial charge in [0.2, 0.25) is 0 Å². The van der Waals surface area contributed by atoms with Gasteiger partial charge in [-0.1, -0.05) is 41.4 Å². The van der Waals surface area contributed by atoms with Gasteiger partial charge in [0.15, 0.2) is 0 Å². The zero-order valence-corrected chi connectivity index (χ0v) is 12.2. The molecule has 0 spiro atoms. The molecule has 0 amide bonds. The van der Waals surface area contributed by atoms with Crippen molar-refractivity contribution in [2.45, 2.75) is 32.4 Å². The summed E-state index contributed by atoms with van der Waals surface area (Å²) in [5, 5.41) is 9.22. The van der Waals surface area contributed by atoms with Crippen molar-refractivity contribution in [2.24, 2.45) is 5.73 Å². The van der Waals surface area contributed by atoms with Gasteiger partial charge < -0.3 is 5.73 Å². The van der Waals surface area contributed by atoms with E-state index in [9.17, 15) is 0 Å². The Kier molecular flexibility index (Phi) is 4.80. The number of aryl methyl sites for hydroxylation is 1. The zero-order chi connectivity index (χ0) is 13.8. The van der Waals surface area contributed by atoms with Crippen molar-refractivity contribution in [3.63, 3.8) is 0 Å². The number of hydrogen-bond donors (Lipinski definition) is 1. The van der Waals surface area contributed by atoms with Crippen molar-refractivity contribution in [3.05, 3.63) is 45.7 Å². The Morgan fingerprint density at radius 2 is 2.00 bits per heavy atom. The number of halogens is 2. The lowest BCUT2D eigenvalue weighted by Crippen LogP contribution is -2.19. The molecule has 0 saturated heterocycles. The molecular weight excluding hydrogens is 283 g/mol. The molecule has 0 fully saturated rings. The van der Waals surface area contributed by atoms with E-state index in [1.165, 1.54) is 0 Å². The number of aromatic nitrogens is 3. The van der Waals surface area contributed by atoms with Crippen LogP contribution in [0.5, 0.6) is 0 Å². The molecule has 0 radical (unpaired) electrons. The molecule has 1 unspecified atom stereocenters. The quantitative estimate of drug-likeness (QED) is 0.922. The number of nitrogens with two attached hydrogens (primary N) is 1. The van der Waals surface area contributed by atoms with Crippen LogP contribution < -0.4 is 5.73 Å². The Balaban J connectivity index is 2.21. The van der Waals surface area contributed by atoms with Crippen molar-refractivity contribution < 1.29 is 0 Å². The topological polar surface area (TPSA) is 56.7 Å². The molecule has 1 atom stereocenters. The number of hydrogen-bond acceptors (Lipinski definition) is 3. The fourth-order valence-corrected chi connectivity index (χ4v) is 2.54. The highest BCUT2D eigenvalue weighted by Gasteiger charge is 2.16. The van der Waals surface area contributed by atoms with Crippen molar-refractivity contribution in [3.8, 4) is 0 Å². The van der Waals surface area contributed by atoms with Gasteiger partial charge in [-0.3, -0.25) is 0 Å². The maximum absolute atomic E-state index is 6.22. The van der Waals surface area contributed by atoms with E-state index in [4.69, 9.17) is 28.9 Å². The van der Waals surface area contributed by atoms with Crippen LogP contribution in [0.4, 0.5) is 0 Å². The van der Waals surface area contributed by atoms with Crippen LogP contribution >= 0.6 is 23.2 Å². The van der Waals surface area contributed by atoms with Gasteiger partial charge >= 0.3 is 0 Å². The van der Waals surface area contributed by atoms with Crippen LogP contribution in [-0.2, 0) is 13.0 Å². The minimum absolute atomic E-state index is 0.223. The van der Waals surface area contributed by atoms with Crippen LogP contribution in [0.1, 0.15) is 30.6 Å². The van der Waals surface area contributed by atoms with Crippen LogP contribution in [0.2, 0.25) is 10.0 Å². The van der Waals surface area contributed by atoms with Crippen LogP contribution in [0.25, 0.3) is 0 Å². The highest BCUT2D eigenvalue weighted by molar-refractivity contribution is 6.36. The van der Waals surface area contributed by atoms with E-state index in [0.29, 0.717) is 16.5 Å². The molecule has 4 nitrogen and oxygen atoms in total. The molecule has 1 aromatic heterocycles. The highest BCUT2D eigenvalue weighted by Crippen LogP contribution is 2.28. The maximum atomic E-state index is 6.22. The predicted molar refractivity (Wildman–Crippen MR) is 77.4 cm³/mol. The van der Waals surface area contributed by atoms with Crippen LogP contribution in [0.3, 0.4) is 0 Å². The average Bonchev–Trinajstić information content (AvgIpc) is 2.83. The number of benzene rings is 1. The van der Waals surface area contributed by atoms with E-state index >= 15 is 0 Å². The summed E-state index contributed by atoms with van der Waals surface area (Å²) < 4.78 is 1.83. The second-order valence-electron chi connectivity index (χ2n) is 4.39. The molecule has 0 bridgehead atoms. The minimum atomic E-state index is -0.223. The summed E-state index contributed by atoms with van der Waals surface area (Å²) in [6.45, 7) is 2.89. The molecule has 2 aromatic rings. The van der Waals surface area contributed by atoms with E-state index in [-0.39, 0.29) is 6.04 Å².